The molecule has 1 amide bonds. The van der Waals surface area contributed by atoms with Gasteiger partial charge in [0.1, 0.15) is 11.3 Å². The van der Waals surface area contributed by atoms with Gasteiger partial charge in [0.15, 0.2) is 0 Å². The van der Waals surface area contributed by atoms with Gasteiger partial charge in [0.2, 0.25) is 5.91 Å². The zero-order valence-electron chi connectivity index (χ0n) is 17.7. The van der Waals surface area contributed by atoms with Crippen LogP contribution in [-0.2, 0) is 17.8 Å². The number of rotatable bonds is 7. The molecule has 5 nitrogen and oxygen atoms in total. The van der Waals surface area contributed by atoms with Crippen LogP contribution < -0.4 is 10.6 Å². The van der Waals surface area contributed by atoms with Crippen molar-refractivity contribution in [3.05, 3.63) is 72.1 Å². The van der Waals surface area contributed by atoms with E-state index >= 15 is 0 Å². The maximum Gasteiger partial charge on any atom is 0.237 e. The fourth-order valence-corrected chi connectivity index (χ4v) is 4.67. The Balaban J connectivity index is 1.34. The Morgan fingerprint density at radius 2 is 1.87 bits per heavy atom. The summed E-state index contributed by atoms with van der Waals surface area (Å²) in [5, 5.41) is 9.02. The summed E-state index contributed by atoms with van der Waals surface area (Å²) < 4.78 is 5.95. The zero-order chi connectivity index (χ0) is 21.0. The predicted octanol–water partition coefficient (Wildman–Crippen LogP) is 5.06. The molecular formula is C26H29N3O2. The lowest BCUT2D eigenvalue weighted by Gasteiger charge is -2.26. The average Bonchev–Trinajstić information content (AvgIpc) is 3.41. The second kappa shape index (κ2) is 8.98. The molecular weight excluding hydrogens is 386 g/mol. The van der Waals surface area contributed by atoms with Crippen molar-refractivity contribution in [2.24, 2.45) is 0 Å². The van der Waals surface area contributed by atoms with E-state index in [9.17, 15) is 4.79 Å². The van der Waals surface area contributed by atoms with Gasteiger partial charge in [0.25, 0.3) is 0 Å². The molecule has 4 aromatic rings. The minimum atomic E-state index is -0.325. The number of carbonyl (C=O) groups excluding carboxylic acids is 1. The van der Waals surface area contributed by atoms with Crippen molar-refractivity contribution in [1.29, 1.82) is 0 Å². The molecule has 2 aromatic carbocycles. The Morgan fingerprint density at radius 1 is 1.06 bits per heavy atom. The van der Waals surface area contributed by atoms with Crippen molar-refractivity contribution < 1.29 is 9.21 Å². The molecule has 1 fully saturated rings. The van der Waals surface area contributed by atoms with Crippen LogP contribution >= 0.6 is 0 Å². The highest BCUT2D eigenvalue weighted by atomic mass is 16.3. The summed E-state index contributed by atoms with van der Waals surface area (Å²) in [6, 6.07) is 18.2. The number of aromatic nitrogens is 1. The van der Waals surface area contributed by atoms with Crippen molar-refractivity contribution in [3.63, 3.8) is 0 Å². The van der Waals surface area contributed by atoms with Gasteiger partial charge < -0.3 is 14.7 Å². The summed E-state index contributed by atoms with van der Waals surface area (Å²) in [5.74, 6) is 0.920. The standard InChI is InChI=1S/C26H29N3O2/c30-26(29-20-9-2-1-3-10-20)24(15-19-16-27-23-12-6-5-11-22(19)23)28-17-21-14-18-8-4-7-13-25(18)31-21/h4-8,11-14,16,20,24,27-28H,1-3,9-10,15,17H2,(H,29,30). The summed E-state index contributed by atoms with van der Waals surface area (Å²) in [7, 11) is 0. The molecule has 1 saturated carbocycles. The van der Waals surface area contributed by atoms with Gasteiger partial charge >= 0.3 is 0 Å². The van der Waals surface area contributed by atoms with Gasteiger partial charge in [-0.2, -0.15) is 0 Å². The summed E-state index contributed by atoms with van der Waals surface area (Å²) in [6.45, 7) is 0.514. The van der Waals surface area contributed by atoms with E-state index in [4.69, 9.17) is 4.42 Å². The number of benzene rings is 2. The van der Waals surface area contributed by atoms with Crippen LogP contribution in [0.25, 0.3) is 21.9 Å². The third kappa shape index (κ3) is 4.52. The lowest BCUT2D eigenvalue weighted by atomic mass is 9.95. The molecule has 2 aromatic heterocycles. The molecule has 5 heteroatoms. The minimum Gasteiger partial charge on any atom is -0.460 e. The molecule has 31 heavy (non-hydrogen) atoms. The Labute approximate surface area is 182 Å². The van der Waals surface area contributed by atoms with Crippen molar-refractivity contribution in [2.45, 2.75) is 57.2 Å². The molecule has 1 unspecified atom stereocenters. The van der Waals surface area contributed by atoms with E-state index in [0.717, 1.165) is 40.7 Å². The van der Waals surface area contributed by atoms with Crippen LogP contribution in [0.3, 0.4) is 0 Å². The van der Waals surface area contributed by atoms with Gasteiger partial charge in [-0.25, -0.2) is 0 Å². The van der Waals surface area contributed by atoms with Gasteiger partial charge in [-0.3, -0.25) is 10.1 Å². The topological polar surface area (TPSA) is 70.1 Å². The second-order valence-corrected chi connectivity index (χ2v) is 8.59. The number of fused-ring (bicyclic) bond motifs is 2. The average molecular weight is 416 g/mol. The Morgan fingerprint density at radius 3 is 2.74 bits per heavy atom. The minimum absolute atomic E-state index is 0.0771. The van der Waals surface area contributed by atoms with E-state index in [0.29, 0.717) is 19.0 Å². The number of H-pyrrole nitrogens is 1. The lowest BCUT2D eigenvalue weighted by Crippen LogP contribution is -2.49. The van der Waals surface area contributed by atoms with Crippen LogP contribution in [-0.4, -0.2) is 23.0 Å². The van der Waals surface area contributed by atoms with Crippen molar-refractivity contribution in [2.75, 3.05) is 0 Å². The van der Waals surface area contributed by atoms with Gasteiger partial charge in [-0.05, 0) is 43.0 Å². The van der Waals surface area contributed by atoms with Gasteiger partial charge in [0.05, 0.1) is 12.6 Å². The summed E-state index contributed by atoms with van der Waals surface area (Å²) in [4.78, 5) is 16.6. The van der Waals surface area contributed by atoms with E-state index in [2.05, 4.69) is 27.8 Å². The quantitative estimate of drug-likeness (QED) is 0.395. The van der Waals surface area contributed by atoms with E-state index in [1.807, 2.05) is 48.7 Å². The van der Waals surface area contributed by atoms with Gasteiger partial charge in [-0.1, -0.05) is 55.7 Å². The fourth-order valence-electron chi connectivity index (χ4n) is 4.67. The molecule has 1 aliphatic rings. The SMILES string of the molecule is O=C(NC1CCCCC1)C(Cc1c[nH]c2ccccc12)NCc1cc2ccccc2o1. The first-order valence-corrected chi connectivity index (χ1v) is 11.3. The molecule has 0 saturated heterocycles. The fraction of sp³-hybridized carbons (Fsp3) is 0.346. The van der Waals surface area contributed by atoms with Gasteiger partial charge in [-0.15, -0.1) is 0 Å². The maximum absolute atomic E-state index is 13.3. The molecule has 1 aliphatic carbocycles. The molecule has 0 bridgehead atoms. The summed E-state index contributed by atoms with van der Waals surface area (Å²) in [6.07, 6.45) is 8.48. The van der Waals surface area contributed by atoms with E-state index in [-0.39, 0.29) is 11.9 Å². The van der Waals surface area contributed by atoms with E-state index in [1.54, 1.807) is 0 Å². The van der Waals surface area contributed by atoms with Gasteiger partial charge in [0, 0.05) is 28.5 Å². The van der Waals surface area contributed by atoms with Crippen LogP contribution in [0.1, 0.15) is 43.4 Å². The molecule has 2 heterocycles. The monoisotopic (exact) mass is 415 g/mol. The number of para-hydroxylation sites is 2. The van der Waals surface area contributed by atoms with E-state index < -0.39 is 0 Å². The number of aromatic amines is 1. The molecule has 0 spiro atoms. The van der Waals surface area contributed by atoms with Crippen LogP contribution in [0.15, 0.2) is 65.2 Å². The Hall–Kier alpha value is -3.05. The first-order valence-electron chi connectivity index (χ1n) is 11.3. The Kier molecular flexibility index (Phi) is 5.76. The molecule has 5 rings (SSSR count). The van der Waals surface area contributed by atoms with Crippen LogP contribution in [0.5, 0.6) is 0 Å². The molecule has 0 radical (unpaired) electrons. The number of nitrogens with one attached hydrogen (secondary N) is 3. The van der Waals surface area contributed by atoms with Crippen molar-refractivity contribution in [3.8, 4) is 0 Å². The molecule has 160 valence electrons. The highest BCUT2D eigenvalue weighted by Gasteiger charge is 2.24. The maximum atomic E-state index is 13.3. The molecule has 3 N–H and O–H groups in total. The van der Waals surface area contributed by atoms with Crippen molar-refractivity contribution in [1.82, 2.24) is 15.6 Å². The number of furan rings is 1. The number of hydrogen-bond donors (Lipinski definition) is 3. The number of hydrogen-bond acceptors (Lipinski definition) is 3. The molecule has 1 atom stereocenters. The lowest BCUT2D eigenvalue weighted by molar-refractivity contribution is -0.124. The predicted molar refractivity (Wildman–Crippen MR) is 124 cm³/mol. The van der Waals surface area contributed by atoms with Crippen LogP contribution in [0, 0.1) is 0 Å². The van der Waals surface area contributed by atoms with Crippen molar-refractivity contribution >= 4 is 27.8 Å². The van der Waals surface area contributed by atoms with E-state index in [1.165, 1.54) is 24.6 Å². The Bertz CT molecular complexity index is 1140. The largest absolute Gasteiger partial charge is 0.460 e. The third-order valence-electron chi connectivity index (χ3n) is 6.37. The summed E-state index contributed by atoms with van der Waals surface area (Å²) in [5.41, 5.74) is 3.12. The number of carbonyl (C=O) groups is 1. The second-order valence-electron chi connectivity index (χ2n) is 8.59. The third-order valence-corrected chi connectivity index (χ3v) is 6.37. The van der Waals surface area contributed by atoms with Crippen LogP contribution in [0.2, 0.25) is 0 Å². The zero-order valence-corrected chi connectivity index (χ0v) is 17.7. The normalized spacial score (nSPS) is 16.0. The van der Waals surface area contributed by atoms with Crippen LogP contribution in [0.4, 0.5) is 0 Å². The molecule has 0 aliphatic heterocycles. The first-order chi connectivity index (χ1) is 15.3. The smallest absolute Gasteiger partial charge is 0.237 e. The highest BCUT2D eigenvalue weighted by Crippen LogP contribution is 2.22. The number of amides is 1. The summed E-state index contributed by atoms with van der Waals surface area (Å²) >= 11 is 0. The highest BCUT2D eigenvalue weighted by molar-refractivity contribution is 5.86. The first kappa shape index (κ1) is 19.9.